The van der Waals surface area contributed by atoms with Crippen LogP contribution in [0.25, 0.3) is 0 Å². The second kappa shape index (κ2) is 5.00. The van der Waals surface area contributed by atoms with Crippen LogP contribution >= 0.6 is 0 Å². The summed E-state index contributed by atoms with van der Waals surface area (Å²) >= 11 is 0. The number of hydrogen-bond donors (Lipinski definition) is 2. The monoisotopic (exact) mass is 266 g/mol. The quantitative estimate of drug-likeness (QED) is 0.821. The molecule has 1 aliphatic heterocycles. The van der Waals surface area contributed by atoms with Gasteiger partial charge in [0, 0.05) is 5.69 Å². The van der Waals surface area contributed by atoms with Gasteiger partial charge >= 0.3 is 0 Å². The van der Waals surface area contributed by atoms with Crippen molar-refractivity contribution in [3.8, 4) is 0 Å². The number of carbonyl (C=O) groups is 1. The first-order chi connectivity index (χ1) is 9.70. The minimum Gasteiger partial charge on any atom is -0.399 e. The van der Waals surface area contributed by atoms with E-state index in [0.717, 1.165) is 17.5 Å². The Morgan fingerprint density at radius 1 is 1.10 bits per heavy atom. The lowest BCUT2D eigenvalue weighted by Gasteiger charge is -2.32. The van der Waals surface area contributed by atoms with E-state index < -0.39 is 0 Å². The van der Waals surface area contributed by atoms with Gasteiger partial charge in [-0.3, -0.25) is 4.79 Å². The van der Waals surface area contributed by atoms with E-state index in [2.05, 4.69) is 17.4 Å². The van der Waals surface area contributed by atoms with Crippen LogP contribution in [0.15, 0.2) is 48.5 Å². The molecule has 0 spiro atoms. The minimum absolute atomic E-state index is 0.0523. The summed E-state index contributed by atoms with van der Waals surface area (Å²) in [7, 11) is 0. The van der Waals surface area contributed by atoms with Crippen molar-refractivity contribution in [1.82, 2.24) is 5.32 Å². The number of nitrogen functional groups attached to an aromatic ring is 1. The van der Waals surface area contributed by atoms with Gasteiger partial charge in [0.05, 0.1) is 12.0 Å². The van der Waals surface area contributed by atoms with Crippen LogP contribution in [0.4, 0.5) is 5.69 Å². The Balaban J connectivity index is 2.11. The molecule has 1 heterocycles. The molecule has 0 aliphatic carbocycles. The normalized spacial score (nSPS) is 21.1. The molecule has 2 atom stereocenters. The molecule has 3 nitrogen and oxygen atoms in total. The Labute approximate surface area is 118 Å². The van der Waals surface area contributed by atoms with Crippen molar-refractivity contribution in [3.63, 3.8) is 0 Å². The van der Waals surface area contributed by atoms with Crippen molar-refractivity contribution in [2.24, 2.45) is 0 Å². The molecule has 0 radical (unpaired) electrons. The minimum atomic E-state index is -0.106. The van der Waals surface area contributed by atoms with E-state index >= 15 is 0 Å². The van der Waals surface area contributed by atoms with Gasteiger partial charge < -0.3 is 11.1 Å². The third-order valence-corrected chi connectivity index (χ3v) is 3.94. The maximum absolute atomic E-state index is 12.3. The predicted octanol–water partition coefficient (Wildman–Crippen LogP) is 2.98. The molecule has 3 rings (SSSR count). The third-order valence-electron chi connectivity index (χ3n) is 3.94. The van der Waals surface area contributed by atoms with Crippen molar-refractivity contribution in [2.45, 2.75) is 25.3 Å². The number of carbonyl (C=O) groups excluding carboxylic acids is 1. The summed E-state index contributed by atoms with van der Waals surface area (Å²) in [6.45, 7) is 2.04. The zero-order valence-corrected chi connectivity index (χ0v) is 11.5. The number of anilines is 1. The van der Waals surface area contributed by atoms with Crippen LogP contribution in [-0.2, 0) is 4.79 Å². The van der Waals surface area contributed by atoms with Gasteiger partial charge in [-0.15, -0.1) is 0 Å². The maximum Gasteiger partial charge on any atom is 0.228 e. The average Bonchev–Trinajstić information content (AvgIpc) is 2.46. The molecule has 3 N–H and O–H groups in total. The summed E-state index contributed by atoms with van der Waals surface area (Å²) in [6, 6.07) is 15.8. The summed E-state index contributed by atoms with van der Waals surface area (Å²) < 4.78 is 0. The molecule has 0 aromatic heterocycles. The summed E-state index contributed by atoms with van der Waals surface area (Å²) in [5, 5.41) is 3.12. The lowest BCUT2D eigenvalue weighted by atomic mass is 9.82. The van der Waals surface area contributed by atoms with E-state index in [4.69, 9.17) is 5.73 Å². The standard InChI is InChI=1S/C17H18N2O/c1-2-13-14-8-3-4-9-15(14)16(19-17(13)20)11-6-5-7-12(18)10-11/h3-10,13,16H,2,18H2,1H3,(H,19,20). The van der Waals surface area contributed by atoms with Gasteiger partial charge in [0.25, 0.3) is 0 Å². The van der Waals surface area contributed by atoms with E-state index in [1.807, 2.05) is 43.3 Å². The topological polar surface area (TPSA) is 55.1 Å². The summed E-state index contributed by atoms with van der Waals surface area (Å²) in [5.74, 6) is 0.0436. The van der Waals surface area contributed by atoms with Gasteiger partial charge in [-0.1, -0.05) is 43.3 Å². The molecule has 3 heteroatoms. The molecule has 1 amide bonds. The molecule has 0 bridgehead atoms. The van der Waals surface area contributed by atoms with Crippen LogP contribution in [0.1, 0.15) is 42.0 Å². The molecular weight excluding hydrogens is 248 g/mol. The van der Waals surface area contributed by atoms with Gasteiger partial charge in [0.2, 0.25) is 5.91 Å². The average molecular weight is 266 g/mol. The van der Waals surface area contributed by atoms with E-state index in [0.29, 0.717) is 5.69 Å². The highest BCUT2D eigenvalue weighted by Gasteiger charge is 2.32. The zero-order chi connectivity index (χ0) is 14.1. The van der Waals surface area contributed by atoms with E-state index in [9.17, 15) is 4.79 Å². The first-order valence-corrected chi connectivity index (χ1v) is 6.95. The lowest BCUT2D eigenvalue weighted by Crippen LogP contribution is -2.38. The molecule has 2 aromatic rings. The fourth-order valence-electron chi connectivity index (χ4n) is 2.96. The maximum atomic E-state index is 12.3. The predicted molar refractivity (Wildman–Crippen MR) is 80.3 cm³/mol. The Kier molecular flexibility index (Phi) is 3.18. The fraction of sp³-hybridized carbons (Fsp3) is 0.235. The first kappa shape index (κ1) is 12.7. The van der Waals surface area contributed by atoms with E-state index in [1.54, 1.807) is 0 Å². The van der Waals surface area contributed by atoms with Crippen molar-refractivity contribution in [2.75, 3.05) is 5.73 Å². The Bertz CT molecular complexity index is 651. The van der Waals surface area contributed by atoms with E-state index in [1.165, 1.54) is 5.56 Å². The SMILES string of the molecule is CCC1C(=O)NC(c2cccc(N)c2)c2ccccc21. The fourth-order valence-corrected chi connectivity index (χ4v) is 2.96. The number of rotatable bonds is 2. The molecule has 2 unspecified atom stereocenters. The highest BCUT2D eigenvalue weighted by molar-refractivity contribution is 5.87. The molecule has 1 aliphatic rings. The summed E-state index contributed by atoms with van der Waals surface area (Å²) in [4.78, 5) is 12.3. The van der Waals surface area contributed by atoms with Gasteiger partial charge in [0.1, 0.15) is 0 Å². The van der Waals surface area contributed by atoms with Crippen LogP contribution in [-0.4, -0.2) is 5.91 Å². The second-order valence-corrected chi connectivity index (χ2v) is 5.20. The van der Waals surface area contributed by atoms with Crippen molar-refractivity contribution in [1.29, 1.82) is 0 Å². The molecular formula is C17H18N2O. The smallest absolute Gasteiger partial charge is 0.228 e. The van der Waals surface area contributed by atoms with Crippen LogP contribution in [0.5, 0.6) is 0 Å². The van der Waals surface area contributed by atoms with Gasteiger partial charge in [-0.2, -0.15) is 0 Å². The summed E-state index contributed by atoms with van der Waals surface area (Å²) in [5.41, 5.74) is 9.91. The highest BCUT2D eigenvalue weighted by atomic mass is 16.2. The summed E-state index contributed by atoms with van der Waals surface area (Å²) in [6.07, 6.45) is 0.812. The molecule has 102 valence electrons. The van der Waals surface area contributed by atoms with Crippen molar-refractivity contribution < 1.29 is 4.79 Å². The highest BCUT2D eigenvalue weighted by Crippen LogP contribution is 2.36. The van der Waals surface area contributed by atoms with Gasteiger partial charge in [-0.25, -0.2) is 0 Å². The van der Waals surface area contributed by atoms with E-state index in [-0.39, 0.29) is 17.9 Å². The largest absolute Gasteiger partial charge is 0.399 e. The first-order valence-electron chi connectivity index (χ1n) is 6.95. The van der Waals surface area contributed by atoms with Crippen LogP contribution in [0, 0.1) is 0 Å². The van der Waals surface area contributed by atoms with Gasteiger partial charge in [-0.05, 0) is 35.2 Å². The second-order valence-electron chi connectivity index (χ2n) is 5.20. The van der Waals surface area contributed by atoms with Crippen molar-refractivity contribution in [3.05, 3.63) is 65.2 Å². The van der Waals surface area contributed by atoms with Crippen LogP contribution in [0.3, 0.4) is 0 Å². The molecule has 20 heavy (non-hydrogen) atoms. The van der Waals surface area contributed by atoms with Gasteiger partial charge in [0.15, 0.2) is 0 Å². The number of nitrogens with one attached hydrogen (secondary N) is 1. The zero-order valence-electron chi connectivity index (χ0n) is 11.5. The Hall–Kier alpha value is -2.29. The third kappa shape index (κ3) is 2.05. The molecule has 2 aromatic carbocycles. The lowest BCUT2D eigenvalue weighted by molar-refractivity contribution is -0.123. The number of nitrogens with two attached hydrogens (primary N) is 1. The Morgan fingerprint density at radius 2 is 1.85 bits per heavy atom. The van der Waals surface area contributed by atoms with Crippen LogP contribution < -0.4 is 11.1 Å². The number of hydrogen-bond acceptors (Lipinski definition) is 2. The number of amides is 1. The molecule has 0 saturated heterocycles. The molecule has 0 fully saturated rings. The molecule has 0 saturated carbocycles. The Morgan fingerprint density at radius 3 is 2.55 bits per heavy atom. The van der Waals surface area contributed by atoms with Crippen LogP contribution in [0.2, 0.25) is 0 Å². The number of benzene rings is 2. The number of fused-ring (bicyclic) bond motifs is 1. The van der Waals surface area contributed by atoms with Crippen molar-refractivity contribution >= 4 is 11.6 Å².